The van der Waals surface area contributed by atoms with Crippen LogP contribution in [0, 0.1) is 47.0 Å². The summed E-state index contributed by atoms with van der Waals surface area (Å²) >= 11 is 3.45. The summed E-state index contributed by atoms with van der Waals surface area (Å²) in [6.45, 7) is 7.59. The van der Waals surface area contributed by atoms with Crippen LogP contribution in [0.25, 0.3) is 0 Å². The zero-order valence-corrected chi connectivity index (χ0v) is 22.2. The number of allylic oxidation sites excluding steroid dienone is 1. The number of ether oxygens (including phenoxy) is 2. The number of hydrogen-bond acceptors (Lipinski definition) is 8. The van der Waals surface area contributed by atoms with Crippen molar-refractivity contribution in [3.05, 3.63) is 78.6 Å². The number of benzene rings is 1. The molecule has 1 aliphatic heterocycles. The van der Waals surface area contributed by atoms with Gasteiger partial charge in [-0.1, -0.05) is 30.0 Å². The van der Waals surface area contributed by atoms with E-state index in [4.69, 9.17) is 15.2 Å². The van der Waals surface area contributed by atoms with Crippen LogP contribution < -0.4 is 5.73 Å². The maximum atomic E-state index is 13.1. The molecule has 1 aromatic heterocycles. The largest absolute Gasteiger partial charge is 0.463 e. The van der Waals surface area contributed by atoms with Gasteiger partial charge in [-0.05, 0) is 73.0 Å². The normalized spacial score (nSPS) is 15.4. The van der Waals surface area contributed by atoms with Crippen LogP contribution >= 0.6 is 34.4 Å². The van der Waals surface area contributed by atoms with Gasteiger partial charge in [-0.3, -0.25) is 0 Å². The standard InChI is InChI=1S/C25H23IN4O3S/c1-5-32-25(31)22-20(12-34-24-17(10-27)14(3)13(2)15(4)30-24)33-23(29)18(11-28)21(22)16-8-6-7-9-19(16)26/h6-9,21H,5,12,29H2,1-4H3/t21-/m0/s1. The Morgan fingerprint density at radius 1 is 1.24 bits per heavy atom. The highest BCUT2D eigenvalue weighted by Gasteiger charge is 2.38. The van der Waals surface area contributed by atoms with Crippen LogP contribution in [0.1, 0.15) is 40.8 Å². The number of nitrogens with zero attached hydrogens (tertiary/aromatic N) is 3. The Bertz CT molecular complexity index is 1300. The van der Waals surface area contributed by atoms with Crippen LogP contribution in [-0.2, 0) is 14.3 Å². The highest BCUT2D eigenvalue weighted by atomic mass is 127. The topological polar surface area (TPSA) is 122 Å². The van der Waals surface area contributed by atoms with Gasteiger partial charge in [0.05, 0.1) is 29.4 Å². The van der Waals surface area contributed by atoms with Gasteiger partial charge in [0.15, 0.2) is 0 Å². The van der Waals surface area contributed by atoms with Crippen molar-refractivity contribution in [3.63, 3.8) is 0 Å². The van der Waals surface area contributed by atoms with E-state index < -0.39 is 11.9 Å². The smallest absolute Gasteiger partial charge is 0.338 e. The monoisotopic (exact) mass is 586 g/mol. The van der Waals surface area contributed by atoms with Gasteiger partial charge >= 0.3 is 5.97 Å². The third kappa shape index (κ3) is 4.91. The third-order valence-corrected chi connectivity index (χ3v) is 7.58. The average molecular weight is 586 g/mol. The molecular formula is C25H23IN4O3S. The fourth-order valence-corrected chi connectivity index (χ4v) is 5.38. The lowest BCUT2D eigenvalue weighted by atomic mass is 9.83. The number of carbonyl (C=O) groups is 1. The van der Waals surface area contributed by atoms with Crippen molar-refractivity contribution in [3.8, 4) is 12.1 Å². The molecule has 0 fully saturated rings. The molecule has 0 spiro atoms. The third-order valence-electron chi connectivity index (χ3n) is 5.62. The van der Waals surface area contributed by atoms with Gasteiger partial charge < -0.3 is 15.2 Å². The molecule has 0 saturated carbocycles. The second-order valence-corrected chi connectivity index (χ2v) is 9.66. The fraction of sp³-hybridized carbons (Fsp3) is 0.280. The minimum Gasteiger partial charge on any atom is -0.463 e. The van der Waals surface area contributed by atoms with Crippen LogP contribution in [0.4, 0.5) is 0 Å². The lowest BCUT2D eigenvalue weighted by Crippen LogP contribution is -2.27. The number of nitrogens with two attached hydrogens (primary N) is 1. The Morgan fingerprint density at radius 2 is 1.94 bits per heavy atom. The van der Waals surface area contributed by atoms with Crippen molar-refractivity contribution in [2.45, 2.75) is 38.6 Å². The van der Waals surface area contributed by atoms with Crippen molar-refractivity contribution in [1.29, 1.82) is 10.5 Å². The Kier molecular flexibility index (Phi) is 8.24. The van der Waals surface area contributed by atoms with Gasteiger partial charge in [0.2, 0.25) is 5.88 Å². The molecule has 0 saturated heterocycles. The number of aromatic nitrogens is 1. The number of rotatable bonds is 6. The summed E-state index contributed by atoms with van der Waals surface area (Å²) in [5.74, 6) is -0.900. The second kappa shape index (κ2) is 10.9. The van der Waals surface area contributed by atoms with Crippen molar-refractivity contribution >= 4 is 40.3 Å². The average Bonchev–Trinajstić information content (AvgIpc) is 2.81. The minimum absolute atomic E-state index is 0.0551. The first-order chi connectivity index (χ1) is 16.2. The zero-order valence-electron chi connectivity index (χ0n) is 19.2. The predicted octanol–water partition coefficient (Wildman–Crippen LogP) is 4.90. The van der Waals surface area contributed by atoms with Gasteiger partial charge in [-0.25, -0.2) is 9.78 Å². The molecule has 9 heteroatoms. The first-order valence-corrected chi connectivity index (χ1v) is 12.5. The zero-order chi connectivity index (χ0) is 25.0. The molecule has 174 valence electrons. The molecule has 2 heterocycles. The molecule has 0 bridgehead atoms. The van der Waals surface area contributed by atoms with E-state index in [0.717, 1.165) is 26.0 Å². The lowest BCUT2D eigenvalue weighted by Gasteiger charge is -2.28. The molecule has 0 unspecified atom stereocenters. The summed E-state index contributed by atoms with van der Waals surface area (Å²) in [7, 11) is 0. The highest BCUT2D eigenvalue weighted by Crippen LogP contribution is 2.42. The Balaban J connectivity index is 2.14. The first-order valence-electron chi connectivity index (χ1n) is 10.5. The first kappa shape index (κ1) is 25.6. The summed E-state index contributed by atoms with van der Waals surface area (Å²) in [5, 5.41) is 20.1. The molecule has 1 aromatic carbocycles. The number of thioether (sulfide) groups is 1. The van der Waals surface area contributed by atoms with E-state index >= 15 is 0 Å². The summed E-state index contributed by atoms with van der Waals surface area (Å²) < 4.78 is 12.0. The highest BCUT2D eigenvalue weighted by molar-refractivity contribution is 14.1. The number of esters is 1. The van der Waals surface area contributed by atoms with Gasteiger partial charge in [0.1, 0.15) is 28.5 Å². The number of carbonyl (C=O) groups excluding carboxylic acids is 1. The van der Waals surface area contributed by atoms with E-state index in [1.807, 2.05) is 45.0 Å². The Hall–Kier alpha value is -3.02. The molecule has 2 N–H and O–H groups in total. The Labute approximate surface area is 216 Å². The van der Waals surface area contributed by atoms with Crippen LogP contribution in [-0.4, -0.2) is 23.3 Å². The van der Waals surface area contributed by atoms with E-state index in [1.165, 1.54) is 11.8 Å². The van der Waals surface area contributed by atoms with Gasteiger partial charge in [0, 0.05) is 9.26 Å². The van der Waals surface area contributed by atoms with E-state index in [1.54, 1.807) is 6.92 Å². The molecule has 34 heavy (non-hydrogen) atoms. The fourth-order valence-electron chi connectivity index (χ4n) is 3.66. The van der Waals surface area contributed by atoms with Crippen molar-refractivity contribution in [2.24, 2.45) is 5.73 Å². The minimum atomic E-state index is -0.730. The number of nitriles is 2. The number of aryl methyl sites for hydroxylation is 1. The maximum Gasteiger partial charge on any atom is 0.338 e. The molecule has 0 radical (unpaired) electrons. The van der Waals surface area contributed by atoms with Crippen LogP contribution in [0.3, 0.4) is 0 Å². The van der Waals surface area contributed by atoms with E-state index in [9.17, 15) is 15.3 Å². The van der Waals surface area contributed by atoms with Crippen molar-refractivity contribution < 1.29 is 14.3 Å². The number of pyridine rings is 1. The quantitative estimate of drug-likeness (QED) is 0.288. The number of halogens is 1. The number of hydrogen-bond donors (Lipinski definition) is 1. The van der Waals surface area contributed by atoms with E-state index in [-0.39, 0.29) is 35.1 Å². The molecule has 3 rings (SSSR count). The van der Waals surface area contributed by atoms with Gasteiger partial charge in [-0.2, -0.15) is 10.5 Å². The molecular weight excluding hydrogens is 563 g/mol. The second-order valence-electron chi connectivity index (χ2n) is 7.53. The molecule has 1 aliphatic rings. The van der Waals surface area contributed by atoms with E-state index in [2.05, 4.69) is 39.7 Å². The van der Waals surface area contributed by atoms with Crippen LogP contribution in [0.15, 0.2) is 52.1 Å². The van der Waals surface area contributed by atoms with E-state index in [0.29, 0.717) is 10.6 Å². The van der Waals surface area contributed by atoms with Crippen LogP contribution in [0.5, 0.6) is 0 Å². The summed E-state index contributed by atoms with van der Waals surface area (Å²) in [6, 6.07) is 11.8. The van der Waals surface area contributed by atoms with Gasteiger partial charge in [-0.15, -0.1) is 0 Å². The summed E-state index contributed by atoms with van der Waals surface area (Å²) in [5.41, 5.74) is 10.4. The van der Waals surface area contributed by atoms with Crippen molar-refractivity contribution in [1.82, 2.24) is 4.98 Å². The SMILES string of the molecule is CCOC(=O)C1=C(CSc2nc(C)c(C)c(C)c2C#N)OC(N)=C(C#N)[C@@H]1c1ccccc1I. The molecule has 0 aliphatic carbocycles. The Morgan fingerprint density at radius 3 is 2.56 bits per heavy atom. The lowest BCUT2D eigenvalue weighted by molar-refractivity contribution is -0.139. The molecule has 0 amide bonds. The summed E-state index contributed by atoms with van der Waals surface area (Å²) in [4.78, 5) is 17.7. The summed E-state index contributed by atoms with van der Waals surface area (Å²) in [6.07, 6.45) is 0. The molecule has 2 aromatic rings. The molecule has 7 nitrogen and oxygen atoms in total. The molecule has 1 atom stereocenters. The maximum absolute atomic E-state index is 13.1. The predicted molar refractivity (Wildman–Crippen MR) is 137 cm³/mol. The van der Waals surface area contributed by atoms with Crippen LogP contribution in [0.2, 0.25) is 0 Å². The van der Waals surface area contributed by atoms with Crippen molar-refractivity contribution in [2.75, 3.05) is 12.4 Å². The van der Waals surface area contributed by atoms with Gasteiger partial charge in [0.25, 0.3) is 0 Å².